The zero-order valence-electron chi connectivity index (χ0n) is 18.9. The van der Waals surface area contributed by atoms with Gasteiger partial charge in [-0.2, -0.15) is 0 Å². The quantitative estimate of drug-likeness (QED) is 0.454. The van der Waals surface area contributed by atoms with Crippen molar-refractivity contribution in [3.63, 3.8) is 0 Å². The smallest absolute Gasteiger partial charge is 0.466 e. The number of halogens is 3. The van der Waals surface area contributed by atoms with E-state index < -0.39 is 18.4 Å². The number of hydrogen-bond donors (Lipinski definition) is 1. The Hall–Kier alpha value is -2.75. The van der Waals surface area contributed by atoms with Gasteiger partial charge < -0.3 is 24.4 Å². The Morgan fingerprint density at radius 3 is 2.48 bits per heavy atom. The van der Waals surface area contributed by atoms with E-state index in [-0.39, 0.29) is 23.9 Å². The molecule has 2 amide bonds. The standard InChI is InChI=1S/C23H29F3N2O5/c1-14(2)32-12-4-11-27-22(30)28-16-7-10-19(28)20(21(29)31-3)18(13-16)15-5-8-17(9-6-15)33-23(24,25)26/h5-6,8-9,14,16,19H,4,7,10-13H2,1-3H3,(H,27,30). The third kappa shape index (κ3) is 6.19. The lowest BCUT2D eigenvalue weighted by molar-refractivity contribution is -0.274. The van der Waals surface area contributed by atoms with Crippen molar-refractivity contribution >= 4 is 17.6 Å². The fraction of sp³-hybridized carbons (Fsp3) is 0.565. The summed E-state index contributed by atoms with van der Waals surface area (Å²) in [6.07, 6.45) is -2.25. The van der Waals surface area contributed by atoms with Crippen LogP contribution in [0, 0.1) is 0 Å². The Morgan fingerprint density at radius 1 is 1.18 bits per heavy atom. The van der Waals surface area contributed by atoms with E-state index in [0.29, 0.717) is 55.5 Å². The van der Waals surface area contributed by atoms with E-state index in [9.17, 15) is 22.8 Å². The molecule has 1 N–H and O–H groups in total. The Balaban J connectivity index is 1.78. The maximum atomic E-state index is 12.9. The van der Waals surface area contributed by atoms with Crippen molar-refractivity contribution < 1.29 is 37.0 Å². The number of alkyl halides is 3. The Labute approximate surface area is 190 Å². The predicted octanol–water partition coefficient (Wildman–Crippen LogP) is 4.27. The first-order chi connectivity index (χ1) is 15.6. The molecule has 1 aromatic carbocycles. The normalized spacial score (nSPS) is 20.3. The fourth-order valence-electron chi connectivity index (χ4n) is 4.40. The lowest BCUT2D eigenvalue weighted by Crippen LogP contribution is -2.51. The van der Waals surface area contributed by atoms with Gasteiger partial charge >= 0.3 is 18.4 Å². The van der Waals surface area contributed by atoms with E-state index in [1.165, 1.54) is 31.4 Å². The summed E-state index contributed by atoms with van der Waals surface area (Å²) in [5, 5.41) is 2.90. The predicted molar refractivity (Wildman–Crippen MR) is 114 cm³/mol. The maximum Gasteiger partial charge on any atom is 0.573 e. The van der Waals surface area contributed by atoms with Crippen LogP contribution in [0.2, 0.25) is 0 Å². The van der Waals surface area contributed by atoms with Gasteiger partial charge in [-0.1, -0.05) is 12.1 Å². The maximum absolute atomic E-state index is 12.9. The average Bonchev–Trinajstić information content (AvgIpc) is 3.05. The molecule has 7 nitrogen and oxygen atoms in total. The third-order valence-corrected chi connectivity index (χ3v) is 5.73. The van der Waals surface area contributed by atoms with Gasteiger partial charge in [0.15, 0.2) is 0 Å². The summed E-state index contributed by atoms with van der Waals surface area (Å²) in [5.41, 5.74) is 1.66. The van der Waals surface area contributed by atoms with E-state index in [4.69, 9.17) is 9.47 Å². The molecule has 0 aromatic heterocycles. The van der Waals surface area contributed by atoms with Gasteiger partial charge in [-0.15, -0.1) is 13.2 Å². The van der Waals surface area contributed by atoms with E-state index >= 15 is 0 Å². The lowest BCUT2D eigenvalue weighted by Gasteiger charge is -2.37. The van der Waals surface area contributed by atoms with E-state index in [1.54, 1.807) is 4.90 Å². The highest BCUT2D eigenvalue weighted by atomic mass is 19.4. The summed E-state index contributed by atoms with van der Waals surface area (Å²) >= 11 is 0. The minimum atomic E-state index is -4.78. The minimum Gasteiger partial charge on any atom is -0.466 e. The number of hydrogen-bond acceptors (Lipinski definition) is 5. The highest BCUT2D eigenvalue weighted by molar-refractivity contribution is 6.01. The zero-order chi connectivity index (χ0) is 24.2. The molecule has 2 atom stereocenters. The van der Waals surface area contributed by atoms with Crippen molar-refractivity contribution in [2.45, 2.75) is 64.1 Å². The number of methoxy groups -OCH3 is 1. The molecule has 2 bridgehead atoms. The number of carbonyl (C=O) groups excluding carboxylic acids is 2. The van der Waals surface area contributed by atoms with Crippen LogP contribution in [-0.4, -0.2) is 61.7 Å². The van der Waals surface area contributed by atoms with Crippen LogP contribution in [0.3, 0.4) is 0 Å². The summed E-state index contributed by atoms with van der Waals surface area (Å²) in [7, 11) is 1.27. The molecule has 1 aromatic rings. The summed E-state index contributed by atoms with van der Waals surface area (Å²) < 4.78 is 51.8. The van der Waals surface area contributed by atoms with Gasteiger partial charge in [0, 0.05) is 19.2 Å². The van der Waals surface area contributed by atoms with Gasteiger partial charge in [0.25, 0.3) is 0 Å². The van der Waals surface area contributed by atoms with Crippen LogP contribution in [0.5, 0.6) is 5.75 Å². The van der Waals surface area contributed by atoms with Gasteiger partial charge in [0.1, 0.15) is 5.75 Å². The number of fused-ring (bicyclic) bond motifs is 2. The van der Waals surface area contributed by atoms with Crippen molar-refractivity contribution in [1.82, 2.24) is 10.2 Å². The second kappa shape index (κ2) is 10.5. The molecule has 2 heterocycles. The number of urea groups is 1. The Morgan fingerprint density at radius 2 is 1.88 bits per heavy atom. The van der Waals surface area contributed by atoms with Crippen molar-refractivity contribution in [2.24, 2.45) is 0 Å². The van der Waals surface area contributed by atoms with Crippen LogP contribution >= 0.6 is 0 Å². The van der Waals surface area contributed by atoms with E-state index in [0.717, 1.165) is 0 Å². The molecule has 33 heavy (non-hydrogen) atoms. The number of ether oxygens (including phenoxy) is 3. The summed E-state index contributed by atoms with van der Waals surface area (Å²) in [5.74, 6) is -0.887. The van der Waals surface area contributed by atoms with Crippen LogP contribution in [0.4, 0.5) is 18.0 Å². The number of nitrogens with one attached hydrogen (secondary N) is 1. The second-order valence-corrected chi connectivity index (χ2v) is 8.32. The molecule has 2 aliphatic heterocycles. The first kappa shape index (κ1) is 24.9. The van der Waals surface area contributed by atoms with Crippen molar-refractivity contribution in [2.75, 3.05) is 20.3 Å². The summed E-state index contributed by atoms with van der Waals surface area (Å²) in [6, 6.07) is 4.59. The van der Waals surface area contributed by atoms with Gasteiger partial charge in [-0.05, 0) is 62.8 Å². The molecule has 10 heteroatoms. The number of nitrogens with zero attached hydrogens (tertiary/aromatic N) is 1. The monoisotopic (exact) mass is 470 g/mol. The van der Waals surface area contributed by atoms with Crippen LogP contribution in [0.15, 0.2) is 29.8 Å². The first-order valence-corrected chi connectivity index (χ1v) is 11.0. The highest BCUT2D eigenvalue weighted by Crippen LogP contribution is 2.43. The van der Waals surface area contributed by atoms with Crippen LogP contribution in [-0.2, 0) is 14.3 Å². The van der Waals surface area contributed by atoms with Crippen LogP contribution < -0.4 is 10.1 Å². The summed E-state index contributed by atoms with van der Waals surface area (Å²) in [6.45, 7) is 4.88. The SMILES string of the molecule is COC(=O)C1=C(c2ccc(OC(F)(F)F)cc2)CC2CCC1N2C(=O)NCCCOC(C)C. The zero-order valence-corrected chi connectivity index (χ0v) is 18.9. The summed E-state index contributed by atoms with van der Waals surface area (Å²) in [4.78, 5) is 27.3. The van der Waals surface area contributed by atoms with E-state index in [1.807, 2.05) is 13.8 Å². The second-order valence-electron chi connectivity index (χ2n) is 8.32. The highest BCUT2D eigenvalue weighted by Gasteiger charge is 2.46. The molecule has 0 spiro atoms. The fourth-order valence-corrected chi connectivity index (χ4v) is 4.40. The van der Waals surface area contributed by atoms with Gasteiger partial charge in [-0.25, -0.2) is 9.59 Å². The molecule has 182 valence electrons. The Kier molecular flexibility index (Phi) is 7.88. The first-order valence-electron chi connectivity index (χ1n) is 11.0. The third-order valence-electron chi connectivity index (χ3n) is 5.73. The van der Waals surface area contributed by atoms with Gasteiger partial charge in [0.2, 0.25) is 0 Å². The number of esters is 1. The van der Waals surface area contributed by atoms with Gasteiger partial charge in [-0.3, -0.25) is 0 Å². The molecule has 3 rings (SSSR count). The molecular weight excluding hydrogens is 441 g/mol. The van der Waals surface area contributed by atoms with E-state index in [2.05, 4.69) is 10.1 Å². The molecular formula is C23H29F3N2O5. The molecule has 2 aliphatic rings. The minimum absolute atomic E-state index is 0.114. The van der Waals surface area contributed by atoms with Crippen molar-refractivity contribution in [3.8, 4) is 5.75 Å². The average molecular weight is 470 g/mol. The number of carbonyl (C=O) groups is 2. The topological polar surface area (TPSA) is 77.1 Å². The largest absolute Gasteiger partial charge is 0.573 e. The van der Waals surface area contributed by atoms with Crippen molar-refractivity contribution in [3.05, 3.63) is 35.4 Å². The molecule has 1 saturated heterocycles. The van der Waals surface area contributed by atoms with Crippen molar-refractivity contribution in [1.29, 1.82) is 0 Å². The Bertz CT molecular complexity index is 883. The molecule has 2 unspecified atom stereocenters. The number of rotatable bonds is 8. The number of amides is 2. The van der Waals surface area contributed by atoms with Gasteiger partial charge in [0.05, 0.1) is 24.8 Å². The number of benzene rings is 1. The molecule has 0 saturated carbocycles. The molecule has 0 radical (unpaired) electrons. The van der Waals surface area contributed by atoms with Crippen LogP contribution in [0.25, 0.3) is 5.57 Å². The molecule has 0 aliphatic carbocycles. The lowest BCUT2D eigenvalue weighted by atomic mass is 9.88. The van der Waals surface area contributed by atoms with Crippen LogP contribution in [0.1, 0.15) is 45.1 Å². The molecule has 1 fully saturated rings.